The Balaban J connectivity index is 2.35. The molecule has 0 bridgehead atoms. The van der Waals surface area contributed by atoms with E-state index in [4.69, 9.17) is 4.99 Å². The quantitative estimate of drug-likeness (QED) is 0.636. The van der Waals surface area contributed by atoms with Crippen LogP contribution in [0.15, 0.2) is 47.5 Å². The molecule has 0 spiro atoms. The maximum atomic E-state index is 4.79. The van der Waals surface area contributed by atoms with E-state index in [0.29, 0.717) is 0 Å². The molecule has 0 saturated carbocycles. The molecule has 18 heavy (non-hydrogen) atoms. The first kappa shape index (κ1) is 11.7. The summed E-state index contributed by atoms with van der Waals surface area (Å²) >= 11 is 2.32. The molecule has 2 nitrogen and oxygen atoms in total. The second kappa shape index (κ2) is 4.39. The highest BCUT2D eigenvalue weighted by Gasteiger charge is 2.19. The highest BCUT2D eigenvalue weighted by atomic mass is 127. The lowest BCUT2D eigenvalue weighted by Crippen LogP contribution is -2.11. The third-order valence-corrected chi connectivity index (χ3v) is 4.10. The van der Waals surface area contributed by atoms with Crippen LogP contribution in [-0.2, 0) is 0 Å². The van der Waals surface area contributed by atoms with E-state index in [9.17, 15) is 0 Å². The zero-order valence-electron chi connectivity index (χ0n) is 10.3. The number of aliphatic imine (C=N–C) groups is 1. The summed E-state index contributed by atoms with van der Waals surface area (Å²) in [6.45, 7) is 2.11. The second-order valence-electron chi connectivity index (χ2n) is 4.42. The fourth-order valence-electron chi connectivity index (χ4n) is 2.29. The average Bonchev–Trinajstić information content (AvgIpc) is 2.49. The van der Waals surface area contributed by atoms with Gasteiger partial charge in [-0.1, -0.05) is 30.3 Å². The minimum Gasteiger partial charge on any atom is -0.342 e. The lowest BCUT2D eigenvalue weighted by Gasteiger charge is -2.21. The van der Waals surface area contributed by atoms with Gasteiger partial charge in [-0.3, -0.25) is 0 Å². The van der Waals surface area contributed by atoms with Crippen molar-refractivity contribution in [3.05, 3.63) is 53.6 Å². The molecule has 0 saturated heterocycles. The molecule has 0 fully saturated rings. The predicted molar refractivity (Wildman–Crippen MR) is 85.9 cm³/mol. The van der Waals surface area contributed by atoms with Gasteiger partial charge in [0.2, 0.25) is 0 Å². The van der Waals surface area contributed by atoms with Crippen LogP contribution in [0, 0.1) is 6.92 Å². The van der Waals surface area contributed by atoms with Crippen LogP contribution in [0.25, 0.3) is 0 Å². The summed E-state index contributed by atoms with van der Waals surface area (Å²) in [4.78, 5) is 7.01. The first-order valence-corrected chi connectivity index (χ1v) is 6.93. The Morgan fingerprint density at radius 1 is 1.00 bits per heavy atom. The number of rotatable bonds is 0. The number of aryl methyl sites for hydroxylation is 1. The van der Waals surface area contributed by atoms with E-state index in [1.54, 1.807) is 0 Å². The van der Waals surface area contributed by atoms with Crippen LogP contribution in [0.1, 0.15) is 11.1 Å². The van der Waals surface area contributed by atoms with Crippen molar-refractivity contribution in [2.45, 2.75) is 6.92 Å². The molecule has 3 heteroatoms. The fraction of sp³-hybridized carbons (Fsp3) is 0.133. The standard InChI is InChI=1S/C15H13IN2/c1-10-6-5-9-13-14(10)17-15(16)11-7-3-4-8-12(11)18(13)2/h3-9H,1-2H3. The van der Waals surface area contributed by atoms with E-state index >= 15 is 0 Å². The molecule has 0 amide bonds. The van der Waals surface area contributed by atoms with Crippen LogP contribution in [0.4, 0.5) is 17.1 Å². The number of para-hydroxylation sites is 2. The van der Waals surface area contributed by atoms with Crippen LogP contribution < -0.4 is 4.90 Å². The van der Waals surface area contributed by atoms with Gasteiger partial charge in [0.1, 0.15) is 3.72 Å². The normalized spacial score (nSPS) is 13.5. The summed E-state index contributed by atoms with van der Waals surface area (Å²) in [7, 11) is 2.10. The van der Waals surface area contributed by atoms with Crippen LogP contribution in [0.3, 0.4) is 0 Å². The molecule has 0 N–H and O–H groups in total. The number of anilines is 2. The summed E-state index contributed by atoms with van der Waals surface area (Å²) < 4.78 is 1.04. The lowest BCUT2D eigenvalue weighted by atomic mass is 10.1. The number of hydrogen-bond acceptors (Lipinski definition) is 2. The van der Waals surface area contributed by atoms with Crippen LogP contribution >= 0.6 is 22.6 Å². The van der Waals surface area contributed by atoms with Gasteiger partial charge in [-0.15, -0.1) is 0 Å². The van der Waals surface area contributed by atoms with Crippen molar-refractivity contribution in [1.82, 2.24) is 0 Å². The van der Waals surface area contributed by atoms with E-state index in [1.165, 1.54) is 16.8 Å². The Labute approximate surface area is 120 Å². The molecule has 1 aliphatic rings. The summed E-state index contributed by atoms with van der Waals surface area (Å²) in [6.07, 6.45) is 0. The summed E-state index contributed by atoms with van der Waals surface area (Å²) in [5.74, 6) is 0. The predicted octanol–water partition coefficient (Wildman–Crippen LogP) is 4.59. The van der Waals surface area contributed by atoms with E-state index in [1.807, 2.05) is 0 Å². The van der Waals surface area contributed by atoms with Gasteiger partial charge in [0.15, 0.2) is 0 Å². The van der Waals surface area contributed by atoms with Gasteiger partial charge in [-0.2, -0.15) is 0 Å². The minimum absolute atomic E-state index is 1.04. The molecule has 0 aromatic heterocycles. The Morgan fingerprint density at radius 2 is 1.72 bits per heavy atom. The molecule has 0 aliphatic carbocycles. The molecule has 2 aromatic carbocycles. The van der Waals surface area contributed by atoms with Crippen molar-refractivity contribution >= 4 is 43.4 Å². The van der Waals surface area contributed by atoms with Gasteiger partial charge in [0, 0.05) is 12.6 Å². The van der Waals surface area contributed by atoms with E-state index < -0.39 is 0 Å². The van der Waals surface area contributed by atoms with Crippen molar-refractivity contribution in [3.8, 4) is 0 Å². The van der Waals surface area contributed by atoms with Gasteiger partial charge in [0.25, 0.3) is 0 Å². The highest BCUT2D eigenvalue weighted by molar-refractivity contribution is 14.1. The van der Waals surface area contributed by atoms with E-state index in [-0.39, 0.29) is 0 Å². The number of halogens is 1. The number of hydrogen-bond donors (Lipinski definition) is 0. The zero-order valence-corrected chi connectivity index (χ0v) is 12.5. The largest absolute Gasteiger partial charge is 0.342 e. The van der Waals surface area contributed by atoms with Crippen LogP contribution in [0.2, 0.25) is 0 Å². The van der Waals surface area contributed by atoms with Crippen molar-refractivity contribution in [3.63, 3.8) is 0 Å². The number of benzene rings is 2. The van der Waals surface area contributed by atoms with Gasteiger partial charge >= 0.3 is 0 Å². The van der Waals surface area contributed by atoms with Gasteiger partial charge in [0.05, 0.1) is 17.1 Å². The molecule has 3 rings (SSSR count). The third kappa shape index (κ3) is 1.73. The molecular weight excluding hydrogens is 335 g/mol. The topological polar surface area (TPSA) is 15.6 Å². The fourth-order valence-corrected chi connectivity index (χ4v) is 2.99. The van der Waals surface area contributed by atoms with Crippen LogP contribution in [0.5, 0.6) is 0 Å². The Kier molecular flexibility index (Phi) is 2.86. The molecular formula is C15H13IN2. The molecule has 1 aliphatic heterocycles. The summed E-state index contributed by atoms with van der Waals surface area (Å²) in [5.41, 5.74) is 5.84. The average molecular weight is 348 g/mol. The number of nitrogens with zero attached hydrogens (tertiary/aromatic N) is 2. The zero-order chi connectivity index (χ0) is 12.7. The minimum atomic E-state index is 1.04. The smallest absolute Gasteiger partial charge is 0.111 e. The first-order chi connectivity index (χ1) is 8.68. The van der Waals surface area contributed by atoms with Crippen molar-refractivity contribution < 1.29 is 0 Å². The Hall–Kier alpha value is -1.36. The van der Waals surface area contributed by atoms with Crippen molar-refractivity contribution in [1.29, 1.82) is 0 Å². The maximum absolute atomic E-state index is 4.79. The van der Waals surface area contributed by atoms with E-state index in [0.717, 1.165) is 15.1 Å². The Morgan fingerprint density at radius 3 is 2.56 bits per heavy atom. The molecule has 0 atom stereocenters. The van der Waals surface area contributed by atoms with Gasteiger partial charge < -0.3 is 4.90 Å². The van der Waals surface area contributed by atoms with Crippen molar-refractivity contribution in [2.75, 3.05) is 11.9 Å². The molecule has 1 heterocycles. The van der Waals surface area contributed by atoms with E-state index in [2.05, 4.69) is 83.9 Å². The first-order valence-electron chi connectivity index (χ1n) is 5.85. The molecule has 2 aromatic rings. The summed E-state index contributed by atoms with van der Waals surface area (Å²) in [6, 6.07) is 14.7. The monoisotopic (exact) mass is 348 g/mol. The third-order valence-electron chi connectivity index (χ3n) is 3.28. The second-order valence-corrected chi connectivity index (χ2v) is 5.44. The summed E-state index contributed by atoms with van der Waals surface area (Å²) in [5, 5.41) is 0. The van der Waals surface area contributed by atoms with Gasteiger partial charge in [-0.25, -0.2) is 4.99 Å². The number of fused-ring (bicyclic) bond motifs is 2. The molecule has 0 unspecified atom stereocenters. The molecule has 90 valence electrons. The van der Waals surface area contributed by atoms with Crippen molar-refractivity contribution in [2.24, 2.45) is 4.99 Å². The highest BCUT2D eigenvalue weighted by Crippen LogP contribution is 2.40. The SMILES string of the molecule is Cc1cccc2c1N=C(I)c1ccccc1N2C. The lowest BCUT2D eigenvalue weighted by molar-refractivity contribution is 1.20. The molecule has 0 radical (unpaired) electrons. The van der Waals surface area contributed by atoms with Gasteiger partial charge in [-0.05, 0) is 47.2 Å². The Bertz CT molecular complexity index is 647. The maximum Gasteiger partial charge on any atom is 0.111 e. The van der Waals surface area contributed by atoms with Crippen LogP contribution in [-0.4, -0.2) is 10.8 Å².